The molecule has 6 aromatic rings. The first kappa shape index (κ1) is 40.5. The number of methoxy groups -OCH3 is 2. The molecule has 2 saturated carbocycles. The molecule has 2 aliphatic heterocycles. The number of benzene rings is 3. The highest BCUT2D eigenvalue weighted by atomic mass is 16.5. The number of H-pyrrole nitrogens is 2. The van der Waals surface area contributed by atoms with Gasteiger partial charge in [-0.15, -0.1) is 0 Å². The van der Waals surface area contributed by atoms with Gasteiger partial charge in [-0.05, 0) is 96.4 Å². The van der Waals surface area contributed by atoms with E-state index in [1.165, 1.54) is 14.2 Å². The van der Waals surface area contributed by atoms with Gasteiger partial charge in [-0.1, -0.05) is 52.8 Å². The first-order valence-corrected chi connectivity index (χ1v) is 21.9. The summed E-state index contributed by atoms with van der Waals surface area (Å²) in [4.78, 5) is 82.9. The van der Waals surface area contributed by atoms with Crippen LogP contribution in [0.15, 0.2) is 60.8 Å². The lowest BCUT2D eigenvalue weighted by Crippen LogP contribution is -2.52. The number of aromatic amines is 2. The lowest BCUT2D eigenvalue weighted by Gasteiger charge is -2.32. The van der Waals surface area contributed by atoms with Crippen LogP contribution in [-0.2, 0) is 19.1 Å². The van der Waals surface area contributed by atoms with Gasteiger partial charge in [0.2, 0.25) is 11.8 Å². The molecule has 0 unspecified atom stereocenters. The maximum Gasteiger partial charge on any atom is 0.407 e. The van der Waals surface area contributed by atoms with E-state index < -0.39 is 24.3 Å². The fraction of sp³-hybridized carbons (Fsp3) is 0.447. The molecule has 16 heteroatoms. The monoisotopic (exact) mass is 852 g/mol. The van der Waals surface area contributed by atoms with Crippen LogP contribution in [0.4, 0.5) is 9.59 Å². The highest BCUT2D eigenvalue weighted by Gasteiger charge is 2.62. The molecule has 9 atom stereocenters. The molecule has 10 rings (SSSR count). The number of nitrogens with zero attached hydrogens (tertiary/aromatic N) is 6. The molecule has 16 nitrogen and oxygen atoms in total. The third kappa shape index (κ3) is 7.08. The average Bonchev–Trinajstić information content (AvgIpc) is 3.78. The molecule has 0 radical (unpaired) electrons. The Bertz CT molecular complexity index is 2820. The molecule has 4 fully saturated rings. The van der Waals surface area contributed by atoms with Gasteiger partial charge in [0.15, 0.2) is 0 Å². The molecule has 0 spiro atoms. The number of rotatable bonds is 10. The number of nitrogens with one attached hydrogen (secondary N) is 4. The minimum atomic E-state index is -0.704. The number of aromatic nitrogens is 6. The summed E-state index contributed by atoms with van der Waals surface area (Å²) >= 11 is 0. The lowest BCUT2D eigenvalue weighted by molar-refractivity contribution is -0.137. The zero-order valence-corrected chi connectivity index (χ0v) is 36.4. The third-order valence-electron chi connectivity index (χ3n) is 13.9. The number of carbonyl (C=O) groups is 4. The summed E-state index contributed by atoms with van der Waals surface area (Å²) in [5, 5.41) is 5.50. The van der Waals surface area contributed by atoms with Crippen LogP contribution in [0.25, 0.3) is 55.5 Å². The Balaban J connectivity index is 0.872. The predicted molar refractivity (Wildman–Crippen MR) is 235 cm³/mol. The Morgan fingerprint density at radius 3 is 1.81 bits per heavy atom. The zero-order valence-electron chi connectivity index (χ0n) is 36.4. The number of hydrogen-bond acceptors (Lipinski definition) is 10. The molecule has 4 aliphatic rings. The van der Waals surface area contributed by atoms with E-state index in [-0.39, 0.29) is 47.8 Å². The van der Waals surface area contributed by atoms with Gasteiger partial charge in [-0.25, -0.2) is 24.5 Å². The van der Waals surface area contributed by atoms with Crippen molar-refractivity contribution < 1.29 is 28.7 Å². The molecule has 4 N–H and O–H groups in total. The second-order valence-corrected chi connectivity index (χ2v) is 18.5. The predicted octanol–water partition coefficient (Wildman–Crippen LogP) is 7.05. The Morgan fingerprint density at radius 2 is 1.21 bits per heavy atom. The smallest absolute Gasteiger partial charge is 0.407 e. The van der Waals surface area contributed by atoms with Gasteiger partial charge >= 0.3 is 12.2 Å². The third-order valence-corrected chi connectivity index (χ3v) is 13.9. The first-order chi connectivity index (χ1) is 30.3. The lowest BCUT2D eigenvalue weighted by atomic mass is 10.0. The van der Waals surface area contributed by atoms with Crippen LogP contribution in [0, 0.1) is 29.6 Å². The van der Waals surface area contributed by atoms with E-state index in [1.54, 1.807) is 6.20 Å². The molecular formula is C47H52N10O6. The van der Waals surface area contributed by atoms with E-state index in [4.69, 9.17) is 29.4 Å². The maximum absolute atomic E-state index is 14.0. The van der Waals surface area contributed by atoms with E-state index >= 15 is 0 Å². The minimum Gasteiger partial charge on any atom is -0.453 e. The molecule has 3 aromatic heterocycles. The van der Waals surface area contributed by atoms with Crippen LogP contribution in [0.1, 0.15) is 77.6 Å². The largest absolute Gasteiger partial charge is 0.453 e. The van der Waals surface area contributed by atoms with E-state index in [2.05, 4.69) is 33.6 Å². The van der Waals surface area contributed by atoms with Gasteiger partial charge in [0.05, 0.1) is 71.3 Å². The van der Waals surface area contributed by atoms with Gasteiger partial charge in [-0.2, -0.15) is 0 Å². The number of ether oxygens (including phenoxy) is 2. The minimum absolute atomic E-state index is 0.111. The summed E-state index contributed by atoms with van der Waals surface area (Å²) in [6, 6.07) is 16.6. The summed E-state index contributed by atoms with van der Waals surface area (Å²) in [6.45, 7) is 9.85. The second kappa shape index (κ2) is 15.3. The van der Waals surface area contributed by atoms with Crippen LogP contribution in [0.2, 0.25) is 0 Å². The van der Waals surface area contributed by atoms with Crippen LogP contribution >= 0.6 is 0 Å². The van der Waals surface area contributed by atoms with Crippen LogP contribution in [0.5, 0.6) is 0 Å². The van der Waals surface area contributed by atoms with Gasteiger partial charge in [-0.3, -0.25) is 14.6 Å². The maximum atomic E-state index is 14.0. The molecular weight excluding hydrogens is 801 g/mol. The normalized spacial score (nSPS) is 24.4. The molecule has 2 aliphatic carbocycles. The average molecular weight is 853 g/mol. The van der Waals surface area contributed by atoms with Gasteiger partial charge in [0.1, 0.15) is 23.7 Å². The molecule has 0 bridgehead atoms. The van der Waals surface area contributed by atoms with Crippen molar-refractivity contribution >= 4 is 57.1 Å². The molecule has 3 aromatic carbocycles. The second-order valence-electron chi connectivity index (χ2n) is 18.5. The Hall–Kier alpha value is -6.58. The topological polar surface area (TPSA) is 200 Å². The number of imidazole rings is 2. The van der Waals surface area contributed by atoms with Crippen LogP contribution in [-0.4, -0.2) is 102 Å². The number of hydrogen-bond donors (Lipinski definition) is 4. The SMILES string of the molecule is COC(=O)N[C@H](C(=O)N1[C@@H]2[C@H](C)[C@@H]2C[C@H]1c1nc2ccc(-c3ccc4nc(-c5ccc6nc([C@@H]7C[C@H]8C[C@H]8N7C(=O)[C@@H](NC(=O)OC)C(C)C)[nH]c6c5)cnc4c3)cc2[nH]1)C(C)C. The quantitative estimate of drug-likeness (QED) is 0.111. The highest BCUT2D eigenvalue weighted by Crippen LogP contribution is 2.58. The molecule has 63 heavy (non-hydrogen) atoms. The summed E-state index contributed by atoms with van der Waals surface area (Å²) in [5.41, 5.74) is 8.40. The van der Waals surface area contributed by atoms with E-state index in [0.29, 0.717) is 17.8 Å². The molecule has 4 amide bonds. The fourth-order valence-corrected chi connectivity index (χ4v) is 10.2. The van der Waals surface area contributed by atoms with Gasteiger partial charge in [0, 0.05) is 17.6 Å². The number of piperidine rings is 2. The van der Waals surface area contributed by atoms with E-state index in [9.17, 15) is 19.2 Å². The van der Waals surface area contributed by atoms with E-state index in [0.717, 1.165) is 86.4 Å². The highest BCUT2D eigenvalue weighted by molar-refractivity contribution is 5.90. The zero-order chi connectivity index (χ0) is 44.0. The van der Waals surface area contributed by atoms with Crippen molar-refractivity contribution in [1.29, 1.82) is 0 Å². The number of amides is 4. The Morgan fingerprint density at radius 1 is 0.667 bits per heavy atom. The summed E-state index contributed by atoms with van der Waals surface area (Å²) < 4.78 is 9.65. The standard InChI is InChI=1S/C47H52N10O6/c1-21(2)39(54-46(60)62-6)44(58)56-36-17-27(36)18-37(56)42-50-31-13-10-26(16-34(31)53-42)35-20-48-32-14-24(8-11-29(32)49-35)25-9-12-30-33(15-25)52-43(51-30)38-19-28-23(5)41(28)57(38)45(59)40(22(3)4)55-47(61)63-7/h8-16,20-23,27-28,36-41H,17-19H2,1-7H3,(H,50,53)(H,51,52)(H,54,60)(H,55,61)/t23-,27-,28+,36-,37+,38+,39+,40+,41-/m1/s1. The number of fused-ring (bicyclic) bond motifs is 5. The molecule has 5 heterocycles. The first-order valence-electron chi connectivity index (χ1n) is 21.9. The number of alkyl carbamates (subject to hydrolysis) is 2. The van der Waals surface area contributed by atoms with Gasteiger partial charge < -0.3 is 39.9 Å². The Labute approximate surface area is 363 Å². The number of likely N-dealkylation sites (tertiary alicyclic amines) is 2. The van der Waals surface area contributed by atoms with Crippen LogP contribution in [0.3, 0.4) is 0 Å². The summed E-state index contributed by atoms with van der Waals surface area (Å²) in [6.07, 6.45) is 3.14. The van der Waals surface area contributed by atoms with Crippen LogP contribution < -0.4 is 10.6 Å². The molecule has 326 valence electrons. The van der Waals surface area contributed by atoms with Crippen molar-refractivity contribution in [3.63, 3.8) is 0 Å². The fourth-order valence-electron chi connectivity index (χ4n) is 10.2. The molecule has 2 saturated heterocycles. The van der Waals surface area contributed by atoms with Crippen molar-refractivity contribution in [2.24, 2.45) is 29.6 Å². The van der Waals surface area contributed by atoms with Crippen molar-refractivity contribution in [1.82, 2.24) is 50.3 Å². The van der Waals surface area contributed by atoms with E-state index in [1.807, 2.05) is 86.0 Å². The van der Waals surface area contributed by atoms with Crippen molar-refractivity contribution in [3.8, 4) is 22.4 Å². The van der Waals surface area contributed by atoms with Crippen molar-refractivity contribution in [3.05, 3.63) is 72.4 Å². The summed E-state index contributed by atoms with van der Waals surface area (Å²) in [5.74, 6) is 2.24. The Kier molecular flexibility index (Phi) is 9.86. The summed E-state index contributed by atoms with van der Waals surface area (Å²) in [7, 11) is 2.60. The van der Waals surface area contributed by atoms with Gasteiger partial charge in [0.25, 0.3) is 0 Å². The van der Waals surface area contributed by atoms with Crippen molar-refractivity contribution in [2.75, 3.05) is 14.2 Å². The number of carbonyl (C=O) groups excluding carboxylic acids is 4. The van der Waals surface area contributed by atoms with Crippen molar-refractivity contribution in [2.45, 2.75) is 90.1 Å².